The third-order valence-electron chi connectivity index (χ3n) is 5.59. The quantitative estimate of drug-likeness (QED) is 0.612. The summed E-state index contributed by atoms with van der Waals surface area (Å²) < 4.78 is 5.22. The van der Waals surface area contributed by atoms with Crippen molar-refractivity contribution in [2.45, 2.75) is 39.7 Å². The summed E-state index contributed by atoms with van der Waals surface area (Å²) in [6.07, 6.45) is 1.59. The third-order valence-corrected chi connectivity index (χ3v) is 5.99. The van der Waals surface area contributed by atoms with Gasteiger partial charge in [-0.2, -0.15) is 0 Å². The van der Waals surface area contributed by atoms with E-state index in [-0.39, 0.29) is 17.7 Å². The van der Waals surface area contributed by atoms with E-state index < -0.39 is 6.04 Å². The van der Waals surface area contributed by atoms with Crippen LogP contribution in [0.25, 0.3) is 0 Å². The number of benzene rings is 1. The molecule has 30 heavy (non-hydrogen) atoms. The summed E-state index contributed by atoms with van der Waals surface area (Å²) in [5.74, 6) is 0.391. The Labute approximate surface area is 185 Å². The maximum atomic E-state index is 13.2. The lowest BCUT2D eigenvalue weighted by Gasteiger charge is -2.38. The molecule has 1 saturated heterocycles. The van der Waals surface area contributed by atoms with Crippen LogP contribution in [0.1, 0.15) is 44.0 Å². The van der Waals surface area contributed by atoms with E-state index in [1.165, 1.54) is 0 Å². The van der Waals surface area contributed by atoms with Crippen LogP contribution in [0.15, 0.2) is 24.3 Å². The van der Waals surface area contributed by atoms with Crippen LogP contribution in [0, 0.1) is 5.92 Å². The summed E-state index contributed by atoms with van der Waals surface area (Å²) in [5.41, 5.74) is 0.484. The van der Waals surface area contributed by atoms with Gasteiger partial charge in [0.1, 0.15) is 11.8 Å². The SMILES string of the molecule is CCNC(=S)N1CCC([C@@H](NC(=O)c2cccc(OC)c2)C(=O)N(CC)CC)CC1. The maximum absolute atomic E-state index is 13.2. The van der Waals surface area contributed by atoms with Crippen LogP contribution in [0.5, 0.6) is 5.75 Å². The lowest BCUT2D eigenvalue weighted by molar-refractivity contribution is -0.134. The van der Waals surface area contributed by atoms with Gasteiger partial charge in [0, 0.05) is 38.3 Å². The van der Waals surface area contributed by atoms with Gasteiger partial charge in [-0.05, 0) is 69.9 Å². The van der Waals surface area contributed by atoms with Crippen LogP contribution in [0.4, 0.5) is 0 Å². The van der Waals surface area contributed by atoms with Gasteiger partial charge in [-0.25, -0.2) is 0 Å². The van der Waals surface area contributed by atoms with Crippen molar-refractivity contribution in [3.05, 3.63) is 29.8 Å². The Kier molecular flexibility index (Phi) is 9.36. The number of likely N-dealkylation sites (tertiary alicyclic amines) is 1. The van der Waals surface area contributed by atoms with Gasteiger partial charge in [-0.1, -0.05) is 6.07 Å². The number of rotatable bonds is 8. The highest BCUT2D eigenvalue weighted by molar-refractivity contribution is 7.80. The van der Waals surface area contributed by atoms with Crippen molar-refractivity contribution >= 4 is 29.1 Å². The van der Waals surface area contributed by atoms with Crippen molar-refractivity contribution in [2.24, 2.45) is 5.92 Å². The maximum Gasteiger partial charge on any atom is 0.252 e. The predicted octanol–water partition coefficient (Wildman–Crippen LogP) is 2.27. The first-order chi connectivity index (χ1) is 14.4. The molecule has 0 unspecified atom stereocenters. The molecule has 1 aliphatic rings. The largest absolute Gasteiger partial charge is 0.497 e. The highest BCUT2D eigenvalue weighted by atomic mass is 32.1. The summed E-state index contributed by atoms with van der Waals surface area (Å²) in [5, 5.41) is 6.96. The van der Waals surface area contributed by atoms with Gasteiger partial charge >= 0.3 is 0 Å². The Morgan fingerprint density at radius 3 is 2.47 bits per heavy atom. The fourth-order valence-electron chi connectivity index (χ4n) is 3.80. The molecule has 0 aliphatic carbocycles. The fraction of sp³-hybridized carbons (Fsp3) is 0.591. The van der Waals surface area contributed by atoms with Crippen molar-refractivity contribution in [3.8, 4) is 5.75 Å². The average molecular weight is 435 g/mol. The number of carbonyl (C=O) groups excluding carboxylic acids is 2. The number of piperidine rings is 1. The standard InChI is InChI=1S/C22H34N4O3S/c1-5-23-22(30)26-13-11-16(12-14-26)19(21(28)25(6-2)7-3)24-20(27)17-9-8-10-18(15-17)29-4/h8-10,15-16,19H,5-7,11-14H2,1-4H3,(H,23,30)(H,24,27)/t19-/m1/s1. The highest BCUT2D eigenvalue weighted by Gasteiger charge is 2.35. The summed E-state index contributed by atoms with van der Waals surface area (Å²) in [6, 6.07) is 6.42. The van der Waals surface area contributed by atoms with Crippen molar-refractivity contribution in [1.29, 1.82) is 0 Å². The molecule has 0 bridgehead atoms. The van der Waals surface area contributed by atoms with E-state index in [2.05, 4.69) is 15.5 Å². The Morgan fingerprint density at radius 1 is 1.23 bits per heavy atom. The minimum Gasteiger partial charge on any atom is -0.497 e. The number of methoxy groups -OCH3 is 1. The molecule has 0 aromatic heterocycles. The summed E-state index contributed by atoms with van der Waals surface area (Å²) in [6.45, 7) is 9.50. The minimum atomic E-state index is -0.557. The average Bonchev–Trinajstić information content (AvgIpc) is 2.78. The first-order valence-electron chi connectivity index (χ1n) is 10.7. The smallest absolute Gasteiger partial charge is 0.252 e. The van der Waals surface area contributed by atoms with Gasteiger partial charge in [0.05, 0.1) is 7.11 Å². The fourth-order valence-corrected chi connectivity index (χ4v) is 4.13. The zero-order chi connectivity index (χ0) is 22.1. The molecule has 1 fully saturated rings. The second-order valence-corrected chi connectivity index (χ2v) is 7.74. The lowest BCUT2D eigenvalue weighted by atomic mass is 9.88. The van der Waals surface area contributed by atoms with Crippen LogP contribution in [-0.2, 0) is 4.79 Å². The second kappa shape index (κ2) is 11.7. The first-order valence-corrected chi connectivity index (χ1v) is 11.1. The van der Waals surface area contributed by atoms with Crippen LogP contribution in [0.3, 0.4) is 0 Å². The summed E-state index contributed by atoms with van der Waals surface area (Å²) in [7, 11) is 1.56. The van der Waals surface area contributed by atoms with Gasteiger partial charge in [0.2, 0.25) is 5.91 Å². The zero-order valence-electron chi connectivity index (χ0n) is 18.4. The van der Waals surface area contributed by atoms with Crippen molar-refractivity contribution in [2.75, 3.05) is 39.8 Å². The van der Waals surface area contributed by atoms with E-state index in [9.17, 15) is 9.59 Å². The molecule has 0 saturated carbocycles. The molecule has 8 heteroatoms. The van der Waals surface area contributed by atoms with E-state index >= 15 is 0 Å². The molecule has 2 rings (SSSR count). The van der Waals surface area contributed by atoms with Crippen molar-refractivity contribution in [1.82, 2.24) is 20.4 Å². The molecular formula is C22H34N4O3S. The lowest BCUT2D eigenvalue weighted by Crippen LogP contribution is -2.55. The van der Waals surface area contributed by atoms with E-state index in [0.717, 1.165) is 37.6 Å². The molecule has 1 atom stereocenters. The number of nitrogens with zero attached hydrogens (tertiary/aromatic N) is 2. The monoisotopic (exact) mass is 434 g/mol. The molecule has 1 aromatic rings. The van der Waals surface area contributed by atoms with Crippen LogP contribution in [-0.4, -0.2) is 72.6 Å². The predicted molar refractivity (Wildman–Crippen MR) is 123 cm³/mol. The second-order valence-electron chi connectivity index (χ2n) is 7.35. The Bertz CT molecular complexity index is 731. The summed E-state index contributed by atoms with van der Waals surface area (Å²) >= 11 is 5.42. The minimum absolute atomic E-state index is 0.0241. The number of likely N-dealkylation sites (N-methyl/N-ethyl adjacent to an activating group) is 1. The molecule has 1 aromatic carbocycles. The molecule has 2 amide bonds. The number of nitrogens with one attached hydrogen (secondary N) is 2. The number of hydrogen-bond donors (Lipinski definition) is 2. The summed E-state index contributed by atoms with van der Waals surface area (Å²) in [4.78, 5) is 30.1. The third kappa shape index (κ3) is 6.08. The first kappa shape index (κ1) is 23.9. The normalized spacial score (nSPS) is 15.3. The van der Waals surface area contributed by atoms with Gasteiger partial charge in [0.15, 0.2) is 5.11 Å². The number of thiocarbonyl (C=S) groups is 1. The zero-order valence-corrected chi connectivity index (χ0v) is 19.3. The van der Waals surface area contributed by atoms with E-state index in [1.54, 1.807) is 36.3 Å². The van der Waals surface area contributed by atoms with Gasteiger partial charge in [-0.3, -0.25) is 9.59 Å². The van der Waals surface area contributed by atoms with Crippen LogP contribution >= 0.6 is 12.2 Å². The number of ether oxygens (including phenoxy) is 1. The van der Waals surface area contributed by atoms with E-state index in [4.69, 9.17) is 17.0 Å². The van der Waals surface area contributed by atoms with Crippen LogP contribution in [0.2, 0.25) is 0 Å². The number of amides is 2. The Hall–Kier alpha value is -2.35. The van der Waals surface area contributed by atoms with Gasteiger partial charge < -0.3 is 25.2 Å². The molecule has 1 aliphatic heterocycles. The van der Waals surface area contributed by atoms with Gasteiger partial charge in [-0.15, -0.1) is 0 Å². The van der Waals surface area contributed by atoms with Crippen LogP contribution < -0.4 is 15.4 Å². The molecule has 0 spiro atoms. The van der Waals surface area contributed by atoms with Crippen molar-refractivity contribution in [3.63, 3.8) is 0 Å². The highest BCUT2D eigenvalue weighted by Crippen LogP contribution is 2.23. The number of hydrogen-bond acceptors (Lipinski definition) is 4. The molecule has 0 radical (unpaired) electrons. The Morgan fingerprint density at radius 2 is 1.90 bits per heavy atom. The molecule has 2 N–H and O–H groups in total. The van der Waals surface area contributed by atoms with Gasteiger partial charge in [0.25, 0.3) is 5.91 Å². The molecular weight excluding hydrogens is 400 g/mol. The molecule has 7 nitrogen and oxygen atoms in total. The topological polar surface area (TPSA) is 73.9 Å². The van der Waals surface area contributed by atoms with Crippen molar-refractivity contribution < 1.29 is 14.3 Å². The van der Waals surface area contributed by atoms with E-state index in [1.807, 2.05) is 20.8 Å². The van der Waals surface area contributed by atoms with E-state index in [0.29, 0.717) is 24.4 Å². The number of carbonyl (C=O) groups is 2. The molecule has 166 valence electrons. The molecule has 1 heterocycles. The Balaban J connectivity index is 2.16.